The standard InChI is InChI=1S/C17H18N2O2/c1-13(12-14-8-4-3-5-9-14)18-19-17(20)15-10-6-7-11-16(15)21-2/h3-11H,12H2,1-2H3,(H,19,20)/b18-13+. The van der Waals surface area contributed by atoms with Gasteiger partial charge < -0.3 is 4.74 Å². The van der Waals surface area contributed by atoms with Crippen molar-refractivity contribution in [2.24, 2.45) is 5.10 Å². The topological polar surface area (TPSA) is 50.7 Å². The molecule has 0 unspecified atom stereocenters. The number of nitrogens with one attached hydrogen (secondary N) is 1. The Morgan fingerprint density at radius 1 is 1.10 bits per heavy atom. The lowest BCUT2D eigenvalue weighted by Crippen LogP contribution is -2.20. The van der Waals surface area contributed by atoms with Crippen LogP contribution >= 0.6 is 0 Å². The van der Waals surface area contributed by atoms with Crippen molar-refractivity contribution in [3.63, 3.8) is 0 Å². The minimum atomic E-state index is -0.278. The molecule has 0 fully saturated rings. The summed E-state index contributed by atoms with van der Waals surface area (Å²) in [7, 11) is 1.54. The third kappa shape index (κ3) is 4.18. The summed E-state index contributed by atoms with van der Waals surface area (Å²) in [5, 5.41) is 4.13. The van der Waals surface area contributed by atoms with E-state index in [9.17, 15) is 4.79 Å². The van der Waals surface area contributed by atoms with E-state index in [1.807, 2.05) is 43.3 Å². The molecule has 108 valence electrons. The van der Waals surface area contributed by atoms with Crippen LogP contribution in [0.15, 0.2) is 59.7 Å². The number of carbonyl (C=O) groups excluding carboxylic acids is 1. The van der Waals surface area contributed by atoms with E-state index in [1.165, 1.54) is 7.11 Å². The average Bonchev–Trinajstić information content (AvgIpc) is 2.53. The molecule has 21 heavy (non-hydrogen) atoms. The number of rotatable bonds is 5. The van der Waals surface area contributed by atoms with Crippen LogP contribution in [0.4, 0.5) is 0 Å². The Morgan fingerprint density at radius 3 is 2.48 bits per heavy atom. The molecule has 2 aromatic carbocycles. The molecule has 0 saturated carbocycles. The number of methoxy groups -OCH3 is 1. The third-order valence-electron chi connectivity index (χ3n) is 3.00. The quantitative estimate of drug-likeness (QED) is 0.677. The number of hydrogen-bond acceptors (Lipinski definition) is 3. The van der Waals surface area contributed by atoms with Crippen LogP contribution in [0.3, 0.4) is 0 Å². The van der Waals surface area contributed by atoms with Crippen molar-refractivity contribution >= 4 is 11.6 Å². The van der Waals surface area contributed by atoms with Crippen molar-refractivity contribution in [1.29, 1.82) is 0 Å². The summed E-state index contributed by atoms with van der Waals surface area (Å²) < 4.78 is 5.16. The zero-order valence-corrected chi connectivity index (χ0v) is 12.2. The van der Waals surface area contributed by atoms with Gasteiger partial charge in [0.15, 0.2) is 0 Å². The van der Waals surface area contributed by atoms with Crippen molar-refractivity contribution < 1.29 is 9.53 Å². The summed E-state index contributed by atoms with van der Waals surface area (Å²) in [6.07, 6.45) is 0.701. The van der Waals surface area contributed by atoms with Gasteiger partial charge in [-0.2, -0.15) is 5.10 Å². The highest BCUT2D eigenvalue weighted by Gasteiger charge is 2.10. The molecule has 0 aliphatic heterocycles. The SMILES string of the molecule is COc1ccccc1C(=O)N/N=C(\C)Cc1ccccc1. The van der Waals surface area contributed by atoms with E-state index in [0.717, 1.165) is 11.3 Å². The van der Waals surface area contributed by atoms with E-state index in [0.29, 0.717) is 17.7 Å². The largest absolute Gasteiger partial charge is 0.496 e. The monoisotopic (exact) mass is 282 g/mol. The fourth-order valence-electron chi connectivity index (χ4n) is 1.97. The molecule has 1 amide bonds. The van der Waals surface area contributed by atoms with Crippen LogP contribution in [0.25, 0.3) is 0 Å². The first-order chi connectivity index (χ1) is 10.2. The number of nitrogens with zero attached hydrogens (tertiary/aromatic N) is 1. The molecule has 0 atom stereocenters. The van der Waals surface area contributed by atoms with Crippen LogP contribution in [0.2, 0.25) is 0 Å². The van der Waals surface area contributed by atoms with Gasteiger partial charge in [-0.25, -0.2) is 5.43 Å². The molecule has 1 N–H and O–H groups in total. The third-order valence-corrected chi connectivity index (χ3v) is 3.00. The molecular formula is C17H18N2O2. The van der Waals surface area contributed by atoms with Gasteiger partial charge in [0.1, 0.15) is 5.75 Å². The Labute approximate surface area is 124 Å². The molecular weight excluding hydrogens is 264 g/mol. The Balaban J connectivity index is 2.01. The van der Waals surface area contributed by atoms with E-state index < -0.39 is 0 Å². The summed E-state index contributed by atoms with van der Waals surface area (Å²) in [6, 6.07) is 17.1. The maximum Gasteiger partial charge on any atom is 0.275 e. The fraction of sp³-hybridized carbons (Fsp3) is 0.176. The number of amides is 1. The van der Waals surface area contributed by atoms with Crippen molar-refractivity contribution in [3.05, 3.63) is 65.7 Å². The summed E-state index contributed by atoms with van der Waals surface area (Å²) >= 11 is 0. The zero-order chi connectivity index (χ0) is 15.1. The molecule has 4 heteroatoms. The van der Waals surface area contributed by atoms with Crippen LogP contribution in [-0.4, -0.2) is 18.7 Å². The number of para-hydroxylation sites is 1. The van der Waals surface area contributed by atoms with E-state index in [4.69, 9.17) is 4.74 Å². The normalized spacial score (nSPS) is 11.0. The van der Waals surface area contributed by atoms with Gasteiger partial charge in [-0.05, 0) is 24.6 Å². The first kappa shape index (κ1) is 14.8. The highest BCUT2D eigenvalue weighted by molar-refractivity contribution is 5.97. The summed E-state index contributed by atoms with van der Waals surface area (Å²) in [5.74, 6) is 0.255. The Hall–Kier alpha value is -2.62. The lowest BCUT2D eigenvalue weighted by atomic mass is 10.1. The molecule has 0 aromatic heterocycles. The van der Waals surface area contributed by atoms with Crippen molar-refractivity contribution in [2.45, 2.75) is 13.3 Å². The van der Waals surface area contributed by atoms with E-state index >= 15 is 0 Å². The van der Waals surface area contributed by atoms with Crippen LogP contribution in [0.5, 0.6) is 5.75 Å². The minimum Gasteiger partial charge on any atom is -0.496 e. The molecule has 0 spiro atoms. The van der Waals surface area contributed by atoms with Gasteiger partial charge in [-0.1, -0.05) is 42.5 Å². The molecule has 0 saturated heterocycles. The maximum absolute atomic E-state index is 12.1. The summed E-state index contributed by atoms with van der Waals surface area (Å²) in [4.78, 5) is 12.1. The van der Waals surface area contributed by atoms with Crippen LogP contribution in [0.1, 0.15) is 22.8 Å². The van der Waals surface area contributed by atoms with E-state index in [1.54, 1.807) is 18.2 Å². The Bertz CT molecular complexity index is 636. The number of hydrogen-bond donors (Lipinski definition) is 1. The van der Waals surface area contributed by atoms with Gasteiger partial charge in [0.25, 0.3) is 5.91 Å². The second-order valence-corrected chi connectivity index (χ2v) is 4.65. The van der Waals surface area contributed by atoms with Gasteiger partial charge in [0.2, 0.25) is 0 Å². The van der Waals surface area contributed by atoms with Crippen LogP contribution in [-0.2, 0) is 6.42 Å². The zero-order valence-electron chi connectivity index (χ0n) is 12.2. The smallest absolute Gasteiger partial charge is 0.275 e. The van der Waals surface area contributed by atoms with Gasteiger partial charge in [0.05, 0.1) is 12.7 Å². The maximum atomic E-state index is 12.1. The van der Waals surface area contributed by atoms with Gasteiger partial charge in [0, 0.05) is 12.1 Å². The molecule has 0 heterocycles. The number of carbonyl (C=O) groups is 1. The van der Waals surface area contributed by atoms with Crippen molar-refractivity contribution in [3.8, 4) is 5.75 Å². The van der Waals surface area contributed by atoms with E-state index in [2.05, 4.69) is 10.5 Å². The van der Waals surface area contributed by atoms with Crippen molar-refractivity contribution in [1.82, 2.24) is 5.43 Å². The van der Waals surface area contributed by atoms with Crippen LogP contribution in [0, 0.1) is 0 Å². The molecule has 4 nitrogen and oxygen atoms in total. The summed E-state index contributed by atoms with van der Waals surface area (Å²) in [5.41, 5.74) is 5.03. The molecule has 0 aliphatic carbocycles. The minimum absolute atomic E-state index is 0.278. The predicted molar refractivity (Wildman–Crippen MR) is 83.7 cm³/mol. The predicted octanol–water partition coefficient (Wildman–Crippen LogP) is 3.04. The lowest BCUT2D eigenvalue weighted by Gasteiger charge is -2.07. The highest BCUT2D eigenvalue weighted by atomic mass is 16.5. The molecule has 0 bridgehead atoms. The van der Waals surface area contributed by atoms with E-state index in [-0.39, 0.29) is 5.91 Å². The number of hydrazone groups is 1. The first-order valence-electron chi connectivity index (χ1n) is 6.71. The average molecular weight is 282 g/mol. The molecule has 0 radical (unpaired) electrons. The van der Waals surface area contributed by atoms with Gasteiger partial charge in [-0.15, -0.1) is 0 Å². The van der Waals surface area contributed by atoms with Crippen LogP contribution < -0.4 is 10.2 Å². The summed E-state index contributed by atoms with van der Waals surface area (Å²) in [6.45, 7) is 1.88. The first-order valence-corrected chi connectivity index (χ1v) is 6.71. The second kappa shape index (κ2) is 7.24. The van der Waals surface area contributed by atoms with Gasteiger partial charge in [-0.3, -0.25) is 4.79 Å². The lowest BCUT2D eigenvalue weighted by molar-refractivity contribution is 0.0951. The highest BCUT2D eigenvalue weighted by Crippen LogP contribution is 2.16. The van der Waals surface area contributed by atoms with Gasteiger partial charge >= 0.3 is 0 Å². The molecule has 2 aromatic rings. The Kier molecular flexibility index (Phi) is 5.10. The fourth-order valence-corrected chi connectivity index (χ4v) is 1.97. The number of ether oxygens (including phenoxy) is 1. The molecule has 2 rings (SSSR count). The number of benzene rings is 2. The second-order valence-electron chi connectivity index (χ2n) is 4.65. The Morgan fingerprint density at radius 2 is 1.76 bits per heavy atom. The van der Waals surface area contributed by atoms with Crippen molar-refractivity contribution in [2.75, 3.05) is 7.11 Å². The molecule has 0 aliphatic rings.